The number of hydrogen-bond acceptors (Lipinski definition) is 4. The molecule has 0 saturated heterocycles. The second-order valence-electron chi connectivity index (χ2n) is 5.07. The molecule has 1 aromatic heterocycles. The summed E-state index contributed by atoms with van der Waals surface area (Å²) in [6.45, 7) is 0. The predicted octanol–water partition coefficient (Wildman–Crippen LogP) is 3.27. The number of halogens is 1. The van der Waals surface area contributed by atoms with E-state index in [4.69, 9.17) is 4.52 Å². The molecule has 0 radical (unpaired) electrons. The van der Waals surface area contributed by atoms with E-state index < -0.39 is 5.82 Å². The molecule has 0 aliphatic heterocycles. The van der Waals surface area contributed by atoms with Crippen molar-refractivity contribution in [3.8, 4) is 17.2 Å². The maximum absolute atomic E-state index is 13.0. The second-order valence-corrected chi connectivity index (χ2v) is 5.07. The lowest BCUT2D eigenvalue weighted by Gasteiger charge is -2.27. The van der Waals surface area contributed by atoms with Gasteiger partial charge in [-0.2, -0.15) is 4.98 Å². The molecule has 5 heteroatoms. The van der Waals surface area contributed by atoms with Crippen LogP contribution < -0.4 is 0 Å². The lowest BCUT2D eigenvalue weighted by molar-refractivity contribution is 0.411. The van der Waals surface area contributed by atoms with Crippen molar-refractivity contribution < 1.29 is 14.0 Å². The van der Waals surface area contributed by atoms with Gasteiger partial charge < -0.3 is 9.63 Å². The summed E-state index contributed by atoms with van der Waals surface area (Å²) in [6, 6.07) is 11.8. The highest BCUT2D eigenvalue weighted by Gasteiger charge is 2.31. The summed E-state index contributed by atoms with van der Waals surface area (Å²) in [4.78, 5) is 4.33. The van der Waals surface area contributed by atoms with Gasteiger partial charge in [0, 0.05) is 6.07 Å². The Balaban J connectivity index is 1.68. The molecule has 1 atom stereocenters. The van der Waals surface area contributed by atoms with Crippen molar-refractivity contribution in [2.75, 3.05) is 0 Å². The van der Waals surface area contributed by atoms with Gasteiger partial charge in [0.05, 0.1) is 11.5 Å². The summed E-state index contributed by atoms with van der Waals surface area (Å²) >= 11 is 0. The smallest absolute Gasteiger partial charge is 0.261 e. The maximum Gasteiger partial charge on any atom is 0.261 e. The monoisotopic (exact) mass is 282 g/mol. The average molecular weight is 282 g/mol. The first kappa shape index (κ1) is 12.1. The van der Waals surface area contributed by atoms with Gasteiger partial charge in [-0.1, -0.05) is 29.4 Å². The molecule has 1 unspecified atom stereocenters. The van der Waals surface area contributed by atoms with Crippen LogP contribution in [-0.4, -0.2) is 15.2 Å². The molecule has 0 bridgehead atoms. The Hall–Kier alpha value is -2.69. The zero-order valence-corrected chi connectivity index (χ0v) is 11.0. The van der Waals surface area contributed by atoms with Gasteiger partial charge in [-0.3, -0.25) is 0 Å². The number of phenolic OH excluding ortho intramolecular Hbond substituents is 1. The van der Waals surface area contributed by atoms with Gasteiger partial charge in [0.2, 0.25) is 0 Å². The van der Waals surface area contributed by atoms with Crippen molar-refractivity contribution in [1.82, 2.24) is 10.1 Å². The van der Waals surface area contributed by atoms with E-state index in [1.165, 1.54) is 23.3 Å². The van der Waals surface area contributed by atoms with Crippen LogP contribution in [0.25, 0.3) is 11.5 Å². The summed E-state index contributed by atoms with van der Waals surface area (Å²) < 4.78 is 18.2. The molecule has 0 amide bonds. The van der Waals surface area contributed by atoms with Gasteiger partial charge in [-0.15, -0.1) is 0 Å². The standard InChI is InChI=1S/C16H11FN2O2/c17-10-5-6-12(14(20)8-10)16-18-15(19-21-16)13-7-9-3-1-2-4-11(9)13/h1-6,8,13,20H,7H2. The first-order valence-electron chi connectivity index (χ1n) is 6.62. The summed E-state index contributed by atoms with van der Waals surface area (Å²) in [7, 11) is 0. The molecule has 104 valence electrons. The first-order chi connectivity index (χ1) is 10.2. The molecule has 0 fully saturated rings. The van der Waals surface area contributed by atoms with Crippen LogP contribution in [0, 0.1) is 5.82 Å². The lowest BCUT2D eigenvalue weighted by atomic mass is 9.77. The number of aromatic hydroxyl groups is 1. The molecule has 0 saturated carbocycles. The highest BCUT2D eigenvalue weighted by molar-refractivity contribution is 5.62. The number of benzene rings is 2. The van der Waals surface area contributed by atoms with E-state index in [-0.39, 0.29) is 17.6 Å². The zero-order chi connectivity index (χ0) is 14.4. The van der Waals surface area contributed by atoms with Crippen molar-refractivity contribution in [1.29, 1.82) is 0 Å². The molecular formula is C16H11FN2O2. The number of fused-ring (bicyclic) bond motifs is 1. The molecule has 1 N–H and O–H groups in total. The Bertz CT molecular complexity index is 829. The van der Waals surface area contributed by atoms with Crippen LogP contribution in [0.5, 0.6) is 5.75 Å². The highest BCUT2D eigenvalue weighted by atomic mass is 19.1. The topological polar surface area (TPSA) is 59.2 Å². The van der Waals surface area contributed by atoms with E-state index in [1.807, 2.05) is 12.1 Å². The number of nitrogens with zero attached hydrogens (tertiary/aromatic N) is 2. The van der Waals surface area contributed by atoms with Crippen LogP contribution in [0.15, 0.2) is 47.0 Å². The molecule has 1 heterocycles. The Labute approximate surface area is 119 Å². The molecule has 2 aromatic carbocycles. The van der Waals surface area contributed by atoms with Crippen molar-refractivity contribution in [2.24, 2.45) is 0 Å². The van der Waals surface area contributed by atoms with Gasteiger partial charge >= 0.3 is 0 Å². The van der Waals surface area contributed by atoms with Crippen molar-refractivity contribution >= 4 is 0 Å². The van der Waals surface area contributed by atoms with E-state index in [9.17, 15) is 9.50 Å². The molecule has 4 rings (SSSR count). The summed E-state index contributed by atoms with van der Waals surface area (Å²) in [5.74, 6) is 0.198. The van der Waals surface area contributed by atoms with Crippen molar-refractivity contribution in [3.05, 3.63) is 65.2 Å². The fourth-order valence-electron chi connectivity index (χ4n) is 2.66. The van der Waals surface area contributed by atoms with Crippen LogP contribution in [-0.2, 0) is 6.42 Å². The molecule has 21 heavy (non-hydrogen) atoms. The maximum atomic E-state index is 13.0. The van der Waals surface area contributed by atoms with Crippen LogP contribution in [0.3, 0.4) is 0 Å². The molecule has 0 spiro atoms. The minimum Gasteiger partial charge on any atom is -0.507 e. The number of rotatable bonds is 2. The van der Waals surface area contributed by atoms with E-state index >= 15 is 0 Å². The molecule has 3 aromatic rings. The van der Waals surface area contributed by atoms with Gasteiger partial charge in [-0.05, 0) is 29.7 Å². The van der Waals surface area contributed by atoms with E-state index in [0.717, 1.165) is 12.5 Å². The minimum absolute atomic E-state index is 0.126. The van der Waals surface area contributed by atoms with Gasteiger partial charge in [0.1, 0.15) is 11.6 Å². The summed E-state index contributed by atoms with van der Waals surface area (Å²) in [5.41, 5.74) is 2.83. The Kier molecular flexibility index (Phi) is 2.54. The van der Waals surface area contributed by atoms with E-state index in [2.05, 4.69) is 22.3 Å². The fourth-order valence-corrected chi connectivity index (χ4v) is 2.66. The third-order valence-corrected chi connectivity index (χ3v) is 3.80. The first-order valence-corrected chi connectivity index (χ1v) is 6.62. The van der Waals surface area contributed by atoms with Crippen LogP contribution >= 0.6 is 0 Å². The lowest BCUT2D eigenvalue weighted by Crippen LogP contribution is -2.19. The third-order valence-electron chi connectivity index (χ3n) is 3.80. The Morgan fingerprint density at radius 2 is 2.05 bits per heavy atom. The zero-order valence-electron chi connectivity index (χ0n) is 11.0. The largest absolute Gasteiger partial charge is 0.507 e. The van der Waals surface area contributed by atoms with Gasteiger partial charge in [0.15, 0.2) is 5.82 Å². The normalized spacial score (nSPS) is 16.3. The van der Waals surface area contributed by atoms with Crippen LogP contribution in [0.2, 0.25) is 0 Å². The highest BCUT2D eigenvalue weighted by Crippen LogP contribution is 2.39. The molecular weight excluding hydrogens is 271 g/mol. The molecule has 1 aliphatic carbocycles. The van der Waals surface area contributed by atoms with Gasteiger partial charge in [0.25, 0.3) is 5.89 Å². The average Bonchev–Trinajstić information content (AvgIpc) is 2.89. The Morgan fingerprint density at radius 1 is 1.19 bits per heavy atom. The third kappa shape index (κ3) is 1.89. The van der Waals surface area contributed by atoms with Crippen molar-refractivity contribution in [3.63, 3.8) is 0 Å². The Morgan fingerprint density at radius 3 is 2.86 bits per heavy atom. The van der Waals surface area contributed by atoms with Gasteiger partial charge in [-0.25, -0.2) is 4.39 Å². The van der Waals surface area contributed by atoms with Crippen molar-refractivity contribution in [2.45, 2.75) is 12.3 Å². The van der Waals surface area contributed by atoms with Crippen LogP contribution in [0.4, 0.5) is 4.39 Å². The van der Waals surface area contributed by atoms with Crippen LogP contribution in [0.1, 0.15) is 22.9 Å². The second kappa shape index (κ2) is 4.41. The quantitative estimate of drug-likeness (QED) is 0.783. The number of aromatic nitrogens is 2. The molecule has 4 nitrogen and oxygen atoms in total. The minimum atomic E-state index is -0.510. The molecule has 1 aliphatic rings. The SMILES string of the molecule is Oc1cc(F)ccc1-c1nc(C2Cc3ccccc32)no1. The summed E-state index contributed by atoms with van der Waals surface area (Å²) in [5, 5.41) is 13.7. The number of phenols is 1. The summed E-state index contributed by atoms with van der Waals surface area (Å²) in [6.07, 6.45) is 0.880. The van der Waals surface area contributed by atoms with E-state index in [1.54, 1.807) is 0 Å². The predicted molar refractivity (Wildman–Crippen MR) is 73.3 cm³/mol. The number of hydrogen-bond donors (Lipinski definition) is 1. The van der Waals surface area contributed by atoms with E-state index in [0.29, 0.717) is 11.4 Å². The fraction of sp³-hybridized carbons (Fsp3) is 0.125.